The zero-order valence-corrected chi connectivity index (χ0v) is 7.77. The molecule has 0 atom stereocenters. The molecular formula is C10H8N4O. The molecule has 0 radical (unpaired) electrons. The van der Waals surface area contributed by atoms with Gasteiger partial charge in [-0.05, 0) is 17.5 Å². The number of primary amides is 1. The van der Waals surface area contributed by atoms with E-state index in [1.54, 1.807) is 6.20 Å². The van der Waals surface area contributed by atoms with Gasteiger partial charge in [0.25, 0.3) is 0 Å². The first-order valence-corrected chi connectivity index (χ1v) is 4.51. The van der Waals surface area contributed by atoms with E-state index in [1.807, 2.05) is 24.3 Å². The highest BCUT2D eigenvalue weighted by Crippen LogP contribution is 2.36. The molecule has 2 aromatic rings. The largest absolute Gasteiger partial charge is 0.350 e. The van der Waals surface area contributed by atoms with E-state index in [0.717, 1.165) is 16.5 Å². The van der Waals surface area contributed by atoms with Crippen molar-refractivity contribution in [2.45, 2.75) is 0 Å². The highest BCUT2D eigenvalue weighted by Gasteiger charge is 2.25. The van der Waals surface area contributed by atoms with Crippen LogP contribution in [0.3, 0.4) is 0 Å². The molecular weight excluding hydrogens is 192 g/mol. The third kappa shape index (κ3) is 0.969. The van der Waals surface area contributed by atoms with Gasteiger partial charge >= 0.3 is 6.03 Å². The van der Waals surface area contributed by atoms with Crippen LogP contribution in [-0.2, 0) is 0 Å². The molecule has 1 aliphatic heterocycles. The zero-order chi connectivity index (χ0) is 10.4. The number of nitrogens with two attached hydrogens (primary N) is 1. The number of nitrogens with zero attached hydrogens (tertiary/aromatic N) is 2. The van der Waals surface area contributed by atoms with Crippen LogP contribution < -0.4 is 16.2 Å². The van der Waals surface area contributed by atoms with Crippen molar-refractivity contribution in [1.29, 1.82) is 0 Å². The standard InChI is InChI=1S/C10H8N4O/c11-10(15)14-9-8-6(4-5-12-9)2-1-3-7(8)13-14/h1-5,13H,(H2,11,15). The minimum Gasteiger partial charge on any atom is -0.350 e. The van der Waals surface area contributed by atoms with Crippen molar-refractivity contribution in [2.24, 2.45) is 5.73 Å². The van der Waals surface area contributed by atoms with Crippen LogP contribution in [0.2, 0.25) is 0 Å². The third-order valence-electron chi connectivity index (χ3n) is 2.44. The molecule has 1 aromatic carbocycles. The van der Waals surface area contributed by atoms with Crippen LogP contribution in [0.15, 0.2) is 30.5 Å². The maximum atomic E-state index is 11.2. The van der Waals surface area contributed by atoms with Crippen LogP contribution in [0.4, 0.5) is 16.3 Å². The van der Waals surface area contributed by atoms with Crippen molar-refractivity contribution in [3.63, 3.8) is 0 Å². The van der Waals surface area contributed by atoms with Gasteiger partial charge in [0.05, 0.1) is 11.1 Å². The van der Waals surface area contributed by atoms with E-state index >= 15 is 0 Å². The van der Waals surface area contributed by atoms with Crippen molar-refractivity contribution in [2.75, 3.05) is 10.4 Å². The lowest BCUT2D eigenvalue weighted by Crippen LogP contribution is -2.38. The Labute approximate surface area is 85.5 Å². The molecule has 0 fully saturated rings. The summed E-state index contributed by atoms with van der Waals surface area (Å²) in [6.07, 6.45) is 1.66. The Morgan fingerprint density at radius 2 is 2.27 bits per heavy atom. The number of benzene rings is 1. The molecule has 0 bridgehead atoms. The Balaban J connectivity index is 2.36. The average molecular weight is 200 g/mol. The van der Waals surface area contributed by atoms with Gasteiger partial charge in [-0.25, -0.2) is 9.78 Å². The summed E-state index contributed by atoms with van der Waals surface area (Å²) in [5.74, 6) is 0.565. The maximum absolute atomic E-state index is 11.2. The molecule has 3 rings (SSSR count). The summed E-state index contributed by atoms with van der Waals surface area (Å²) in [5.41, 5.74) is 9.00. The predicted molar refractivity (Wildman–Crippen MR) is 57.4 cm³/mol. The summed E-state index contributed by atoms with van der Waals surface area (Å²) in [4.78, 5) is 15.3. The maximum Gasteiger partial charge on any atom is 0.339 e. The molecule has 5 heteroatoms. The van der Waals surface area contributed by atoms with E-state index in [1.165, 1.54) is 5.01 Å². The average Bonchev–Trinajstić information content (AvgIpc) is 2.61. The molecule has 1 aliphatic rings. The summed E-state index contributed by atoms with van der Waals surface area (Å²) in [6.45, 7) is 0. The number of anilines is 2. The van der Waals surface area contributed by atoms with Crippen molar-refractivity contribution < 1.29 is 4.79 Å². The van der Waals surface area contributed by atoms with Crippen molar-refractivity contribution in [3.8, 4) is 0 Å². The van der Waals surface area contributed by atoms with Crippen LogP contribution in [0.25, 0.3) is 10.8 Å². The van der Waals surface area contributed by atoms with Gasteiger partial charge < -0.3 is 5.73 Å². The molecule has 1 aromatic heterocycles. The van der Waals surface area contributed by atoms with Crippen LogP contribution in [-0.4, -0.2) is 11.0 Å². The lowest BCUT2D eigenvalue weighted by atomic mass is 10.1. The van der Waals surface area contributed by atoms with Crippen LogP contribution in [0.5, 0.6) is 0 Å². The Bertz CT molecular complexity index is 561. The van der Waals surface area contributed by atoms with E-state index in [2.05, 4.69) is 10.4 Å². The first-order chi connectivity index (χ1) is 7.27. The molecule has 3 N–H and O–H groups in total. The molecule has 0 saturated carbocycles. The SMILES string of the molecule is NC(=O)N1Nc2cccc3ccnc1c23. The number of urea groups is 1. The second-order valence-corrected chi connectivity index (χ2v) is 3.32. The zero-order valence-electron chi connectivity index (χ0n) is 7.77. The fourth-order valence-corrected chi connectivity index (χ4v) is 1.81. The Morgan fingerprint density at radius 3 is 3.07 bits per heavy atom. The van der Waals surface area contributed by atoms with Gasteiger partial charge in [0.2, 0.25) is 0 Å². The van der Waals surface area contributed by atoms with Crippen molar-refractivity contribution >= 4 is 28.3 Å². The summed E-state index contributed by atoms with van der Waals surface area (Å²) >= 11 is 0. The smallest absolute Gasteiger partial charge is 0.339 e. The highest BCUT2D eigenvalue weighted by atomic mass is 16.2. The number of hydrogen-bond acceptors (Lipinski definition) is 3. The fourth-order valence-electron chi connectivity index (χ4n) is 1.81. The first kappa shape index (κ1) is 8.05. The summed E-state index contributed by atoms with van der Waals surface area (Å²) in [6, 6.07) is 7.10. The molecule has 5 nitrogen and oxygen atoms in total. The van der Waals surface area contributed by atoms with Crippen molar-refractivity contribution in [1.82, 2.24) is 4.98 Å². The van der Waals surface area contributed by atoms with Gasteiger partial charge in [-0.2, -0.15) is 5.01 Å². The Hall–Kier alpha value is -2.30. The molecule has 0 spiro atoms. The lowest BCUT2D eigenvalue weighted by molar-refractivity contribution is 0.255. The second kappa shape index (κ2) is 2.60. The van der Waals surface area contributed by atoms with Gasteiger partial charge in [-0.15, -0.1) is 0 Å². The Morgan fingerprint density at radius 1 is 1.40 bits per heavy atom. The first-order valence-electron chi connectivity index (χ1n) is 4.51. The number of nitrogens with one attached hydrogen (secondary N) is 1. The van der Waals surface area contributed by atoms with Gasteiger partial charge in [0, 0.05) is 6.20 Å². The van der Waals surface area contributed by atoms with E-state index in [0.29, 0.717) is 5.82 Å². The second-order valence-electron chi connectivity index (χ2n) is 3.32. The highest BCUT2D eigenvalue weighted by molar-refractivity contribution is 6.12. The van der Waals surface area contributed by atoms with Gasteiger partial charge in [0.1, 0.15) is 0 Å². The van der Waals surface area contributed by atoms with E-state index in [9.17, 15) is 4.79 Å². The number of aromatic nitrogens is 1. The predicted octanol–water partition coefficient (Wildman–Crippen LogP) is 1.46. The minimum atomic E-state index is -0.564. The van der Waals surface area contributed by atoms with Gasteiger partial charge in [-0.3, -0.25) is 5.43 Å². The van der Waals surface area contributed by atoms with Crippen molar-refractivity contribution in [3.05, 3.63) is 30.5 Å². The number of hydrogen-bond donors (Lipinski definition) is 2. The van der Waals surface area contributed by atoms with Crippen LogP contribution in [0.1, 0.15) is 0 Å². The molecule has 0 aliphatic carbocycles. The number of hydrazine groups is 1. The number of rotatable bonds is 0. The molecule has 0 unspecified atom stereocenters. The van der Waals surface area contributed by atoms with Gasteiger partial charge in [-0.1, -0.05) is 12.1 Å². The third-order valence-corrected chi connectivity index (χ3v) is 2.44. The fraction of sp³-hybridized carbons (Fsp3) is 0. The Kier molecular flexibility index (Phi) is 1.39. The molecule has 74 valence electrons. The monoisotopic (exact) mass is 200 g/mol. The van der Waals surface area contributed by atoms with Crippen LogP contribution >= 0.6 is 0 Å². The van der Waals surface area contributed by atoms with E-state index in [-0.39, 0.29) is 0 Å². The molecule has 15 heavy (non-hydrogen) atoms. The molecule has 2 amide bonds. The number of pyridine rings is 1. The quantitative estimate of drug-likeness (QED) is 0.676. The summed E-state index contributed by atoms with van der Waals surface area (Å²) in [5, 5.41) is 3.21. The summed E-state index contributed by atoms with van der Waals surface area (Å²) in [7, 11) is 0. The van der Waals surface area contributed by atoms with E-state index in [4.69, 9.17) is 5.73 Å². The molecule has 0 saturated heterocycles. The lowest BCUT2D eigenvalue weighted by Gasteiger charge is -2.13. The van der Waals surface area contributed by atoms with Crippen LogP contribution in [0, 0.1) is 0 Å². The topological polar surface area (TPSA) is 71.2 Å². The minimum absolute atomic E-state index is 0.564. The number of carbonyl (C=O) groups excluding carboxylic acids is 1. The van der Waals surface area contributed by atoms with Gasteiger partial charge in [0.15, 0.2) is 5.82 Å². The molecule has 2 heterocycles. The van der Waals surface area contributed by atoms with E-state index < -0.39 is 6.03 Å². The summed E-state index contributed by atoms with van der Waals surface area (Å²) < 4.78 is 0. The normalized spacial score (nSPS) is 12.9. The number of amides is 2. The number of carbonyl (C=O) groups is 1.